The summed E-state index contributed by atoms with van der Waals surface area (Å²) in [5.41, 5.74) is 1.34. The van der Waals surface area contributed by atoms with Crippen molar-refractivity contribution in [3.05, 3.63) is 59.7 Å². The van der Waals surface area contributed by atoms with Crippen LogP contribution in [0.3, 0.4) is 0 Å². The number of hydrogen-bond acceptors (Lipinski definition) is 6. The van der Waals surface area contributed by atoms with Crippen molar-refractivity contribution in [3.8, 4) is 11.8 Å². The highest BCUT2D eigenvalue weighted by Crippen LogP contribution is 2.22. The summed E-state index contributed by atoms with van der Waals surface area (Å²) in [6.07, 6.45) is 0. The van der Waals surface area contributed by atoms with Crippen molar-refractivity contribution in [1.29, 1.82) is 5.26 Å². The highest BCUT2D eigenvalue weighted by molar-refractivity contribution is 6.67. The Morgan fingerprint density at radius 3 is 2.46 bits per heavy atom. The van der Waals surface area contributed by atoms with Crippen molar-refractivity contribution in [2.24, 2.45) is 5.16 Å². The maximum atomic E-state index is 12.3. The summed E-state index contributed by atoms with van der Waals surface area (Å²) in [4.78, 5) is 29.2. The van der Waals surface area contributed by atoms with E-state index in [4.69, 9.17) is 14.8 Å². The highest BCUT2D eigenvalue weighted by atomic mass is 16.6. The lowest BCUT2D eigenvalue weighted by Crippen LogP contribution is -2.29. The zero-order valence-corrected chi connectivity index (χ0v) is 14.4. The summed E-state index contributed by atoms with van der Waals surface area (Å²) in [6.45, 7) is 1.29. The van der Waals surface area contributed by atoms with E-state index in [0.717, 1.165) is 5.56 Å². The number of anilines is 1. The second-order valence-electron chi connectivity index (χ2n) is 5.23. The number of benzene rings is 2. The quantitative estimate of drug-likeness (QED) is 0.469. The van der Waals surface area contributed by atoms with E-state index in [1.54, 1.807) is 48.5 Å². The number of oxime groups is 1. The molecule has 7 heteroatoms. The standard InChI is InChI=1S/C19H17N3O4/c1-13(23)18(19(24)21-16-5-3-4-6-17(16)25-2)22-26-12-15-9-7-14(11-20)8-10-15/h3-10H,12H2,1-2H3,(H,21,24)/b22-18-. The summed E-state index contributed by atoms with van der Waals surface area (Å²) in [5.74, 6) is -0.763. The molecule has 0 heterocycles. The number of nitrogens with zero attached hydrogens (tertiary/aromatic N) is 2. The fourth-order valence-electron chi connectivity index (χ4n) is 2.04. The first-order valence-corrected chi connectivity index (χ1v) is 7.69. The van der Waals surface area contributed by atoms with E-state index in [-0.39, 0.29) is 12.3 Å². The third-order valence-electron chi connectivity index (χ3n) is 3.37. The second kappa shape index (κ2) is 8.99. The molecule has 1 N–H and O–H groups in total. The van der Waals surface area contributed by atoms with Gasteiger partial charge in [-0.25, -0.2) is 0 Å². The smallest absolute Gasteiger partial charge is 0.281 e. The second-order valence-corrected chi connectivity index (χ2v) is 5.23. The van der Waals surface area contributed by atoms with E-state index < -0.39 is 11.7 Å². The Bertz CT molecular complexity index is 867. The molecule has 0 unspecified atom stereocenters. The van der Waals surface area contributed by atoms with Crippen LogP contribution in [0.4, 0.5) is 5.69 Å². The van der Waals surface area contributed by atoms with Gasteiger partial charge in [0.1, 0.15) is 12.4 Å². The first-order chi connectivity index (χ1) is 12.5. The van der Waals surface area contributed by atoms with Crippen LogP contribution in [0.5, 0.6) is 5.75 Å². The Hall–Kier alpha value is -3.66. The highest BCUT2D eigenvalue weighted by Gasteiger charge is 2.19. The molecule has 0 bridgehead atoms. The van der Waals surface area contributed by atoms with Gasteiger partial charge in [0.15, 0.2) is 5.78 Å². The van der Waals surface area contributed by atoms with E-state index in [9.17, 15) is 9.59 Å². The third-order valence-corrected chi connectivity index (χ3v) is 3.37. The number of nitriles is 1. The minimum Gasteiger partial charge on any atom is -0.495 e. The predicted molar refractivity (Wildman–Crippen MR) is 95.7 cm³/mol. The summed E-state index contributed by atoms with van der Waals surface area (Å²) in [5, 5.41) is 15.0. The number of methoxy groups -OCH3 is 1. The van der Waals surface area contributed by atoms with Crippen LogP contribution in [-0.4, -0.2) is 24.5 Å². The van der Waals surface area contributed by atoms with E-state index in [0.29, 0.717) is 17.0 Å². The average Bonchev–Trinajstić information content (AvgIpc) is 2.65. The van der Waals surface area contributed by atoms with Gasteiger partial charge in [-0.05, 0) is 29.8 Å². The van der Waals surface area contributed by atoms with Crippen LogP contribution >= 0.6 is 0 Å². The monoisotopic (exact) mass is 351 g/mol. The van der Waals surface area contributed by atoms with Gasteiger partial charge < -0.3 is 14.9 Å². The van der Waals surface area contributed by atoms with Gasteiger partial charge in [-0.2, -0.15) is 5.26 Å². The molecule has 0 aliphatic rings. The van der Waals surface area contributed by atoms with Gasteiger partial charge in [-0.1, -0.05) is 29.4 Å². The van der Waals surface area contributed by atoms with Crippen LogP contribution in [0.2, 0.25) is 0 Å². The number of carbonyl (C=O) groups is 2. The van der Waals surface area contributed by atoms with Crippen molar-refractivity contribution in [1.82, 2.24) is 0 Å². The summed E-state index contributed by atoms with van der Waals surface area (Å²) >= 11 is 0. The van der Waals surface area contributed by atoms with Crippen LogP contribution in [0.25, 0.3) is 0 Å². The van der Waals surface area contributed by atoms with Crippen molar-refractivity contribution in [2.45, 2.75) is 13.5 Å². The number of hydrogen-bond donors (Lipinski definition) is 1. The first-order valence-electron chi connectivity index (χ1n) is 7.69. The van der Waals surface area contributed by atoms with Crippen molar-refractivity contribution < 1.29 is 19.2 Å². The Morgan fingerprint density at radius 1 is 1.15 bits per heavy atom. The molecular weight excluding hydrogens is 334 g/mol. The number of nitrogens with one attached hydrogen (secondary N) is 1. The first kappa shape index (κ1) is 18.7. The molecule has 0 aliphatic heterocycles. The van der Waals surface area contributed by atoms with Crippen molar-refractivity contribution >= 4 is 23.1 Å². The van der Waals surface area contributed by atoms with E-state index in [1.807, 2.05) is 6.07 Å². The Labute approximate surface area is 150 Å². The summed E-state index contributed by atoms with van der Waals surface area (Å²) in [7, 11) is 1.48. The van der Waals surface area contributed by atoms with Crippen LogP contribution < -0.4 is 10.1 Å². The molecule has 0 spiro atoms. The van der Waals surface area contributed by atoms with Crippen LogP contribution in [0.15, 0.2) is 53.7 Å². The van der Waals surface area contributed by atoms with Gasteiger partial charge >= 0.3 is 0 Å². The maximum Gasteiger partial charge on any atom is 0.281 e. The number of ether oxygens (including phenoxy) is 1. The maximum absolute atomic E-state index is 12.3. The molecule has 2 aromatic carbocycles. The van der Waals surface area contributed by atoms with E-state index in [1.165, 1.54) is 14.0 Å². The number of para-hydroxylation sites is 2. The fourth-order valence-corrected chi connectivity index (χ4v) is 2.04. The van der Waals surface area contributed by atoms with Gasteiger partial charge in [0, 0.05) is 6.92 Å². The molecule has 0 saturated carbocycles. The molecule has 26 heavy (non-hydrogen) atoms. The molecule has 2 rings (SSSR count). The van der Waals surface area contributed by atoms with Gasteiger partial charge in [-0.3, -0.25) is 9.59 Å². The van der Waals surface area contributed by atoms with Crippen LogP contribution in [0, 0.1) is 11.3 Å². The summed E-state index contributed by atoms with van der Waals surface area (Å²) in [6, 6.07) is 15.5. The number of Topliss-reactive ketones (excluding diaryl/α,β-unsaturated/α-hetero) is 1. The number of rotatable bonds is 7. The van der Waals surface area contributed by atoms with Gasteiger partial charge in [0.25, 0.3) is 5.91 Å². The molecule has 1 amide bonds. The minimum atomic E-state index is -0.693. The molecule has 0 atom stereocenters. The van der Waals surface area contributed by atoms with Crippen LogP contribution in [0.1, 0.15) is 18.1 Å². The minimum absolute atomic E-state index is 0.0599. The zero-order chi connectivity index (χ0) is 18.9. The molecular formula is C19H17N3O4. The zero-order valence-electron chi connectivity index (χ0n) is 14.4. The van der Waals surface area contributed by atoms with Crippen molar-refractivity contribution in [2.75, 3.05) is 12.4 Å². The number of carbonyl (C=O) groups excluding carboxylic acids is 2. The third kappa shape index (κ3) is 4.92. The molecule has 0 saturated heterocycles. The Balaban J connectivity index is 2.06. The Morgan fingerprint density at radius 2 is 1.85 bits per heavy atom. The lowest BCUT2D eigenvalue weighted by Gasteiger charge is -2.10. The SMILES string of the molecule is COc1ccccc1NC(=O)/C(=N\OCc1ccc(C#N)cc1)C(C)=O. The van der Waals surface area contributed by atoms with E-state index in [2.05, 4.69) is 10.5 Å². The van der Waals surface area contributed by atoms with E-state index >= 15 is 0 Å². The molecule has 0 aromatic heterocycles. The molecule has 0 fully saturated rings. The van der Waals surface area contributed by atoms with Gasteiger partial charge in [0.05, 0.1) is 24.4 Å². The molecule has 0 radical (unpaired) electrons. The number of amides is 1. The lowest BCUT2D eigenvalue weighted by atomic mass is 10.2. The van der Waals surface area contributed by atoms with Gasteiger partial charge in [-0.15, -0.1) is 0 Å². The largest absolute Gasteiger partial charge is 0.495 e. The molecule has 0 aliphatic carbocycles. The Kier molecular flexibility index (Phi) is 6.46. The van der Waals surface area contributed by atoms with Crippen LogP contribution in [-0.2, 0) is 21.0 Å². The van der Waals surface area contributed by atoms with Crippen molar-refractivity contribution in [3.63, 3.8) is 0 Å². The molecule has 2 aromatic rings. The fraction of sp³-hybridized carbons (Fsp3) is 0.158. The topological polar surface area (TPSA) is 101 Å². The molecule has 132 valence electrons. The normalized spacial score (nSPS) is 10.6. The lowest BCUT2D eigenvalue weighted by molar-refractivity contribution is -0.114. The molecule has 7 nitrogen and oxygen atoms in total. The number of ketones is 1. The predicted octanol–water partition coefficient (Wildman–Crippen LogP) is 2.67. The van der Waals surface area contributed by atoms with Gasteiger partial charge in [0.2, 0.25) is 5.71 Å². The summed E-state index contributed by atoms with van der Waals surface area (Å²) < 4.78 is 5.15. The average molecular weight is 351 g/mol.